The largest absolute Gasteiger partial charge is 0.507 e. The number of aryl methyl sites for hydroxylation is 2. The Bertz CT molecular complexity index is 1120. The van der Waals surface area contributed by atoms with E-state index in [2.05, 4.69) is 10.6 Å². The highest BCUT2D eigenvalue weighted by Gasteiger charge is 2.36. The summed E-state index contributed by atoms with van der Waals surface area (Å²) in [4.78, 5) is 41.2. The number of nitrogens with one attached hydrogen (secondary N) is 2. The van der Waals surface area contributed by atoms with Crippen LogP contribution in [0, 0.1) is 19.8 Å². The SMILES string of the molecule is Cc1cccc(C(C(=O)Nc2c(C)cccc2Cl)N(C)C(=O)C(CC(C)C)NC(=O)OC(C)(C)C)c1O. The van der Waals surface area contributed by atoms with Crippen LogP contribution in [0.3, 0.4) is 0 Å². The molecule has 0 bridgehead atoms. The van der Waals surface area contributed by atoms with E-state index in [1.165, 1.54) is 11.9 Å². The maximum Gasteiger partial charge on any atom is 0.408 e. The number of phenolic OH excluding ortho intramolecular Hbond substituents is 1. The predicted octanol–water partition coefficient (Wildman–Crippen LogP) is 5.74. The van der Waals surface area contributed by atoms with Gasteiger partial charge >= 0.3 is 6.09 Å². The average molecular weight is 532 g/mol. The standard InChI is InChI=1S/C28H38ClN3O5/c1-16(2)15-21(30-27(36)37-28(5,6)7)26(35)32(8)23(19-13-9-12-18(4)24(19)33)25(34)31-22-17(3)11-10-14-20(22)29/h9-14,16,21,23,33H,15H2,1-8H3,(H,30,36)(H,31,34). The fraction of sp³-hybridized carbons (Fsp3) is 0.464. The number of likely N-dealkylation sites (N-methyl/N-ethyl adjacent to an activating group) is 1. The van der Waals surface area contributed by atoms with E-state index in [0.29, 0.717) is 22.7 Å². The molecule has 0 fully saturated rings. The molecule has 2 aromatic carbocycles. The van der Waals surface area contributed by atoms with Crippen LogP contribution in [-0.4, -0.2) is 46.6 Å². The van der Waals surface area contributed by atoms with E-state index in [9.17, 15) is 19.5 Å². The lowest BCUT2D eigenvalue weighted by molar-refractivity contribution is -0.139. The lowest BCUT2D eigenvalue weighted by atomic mass is 9.98. The van der Waals surface area contributed by atoms with Crippen molar-refractivity contribution in [2.45, 2.75) is 72.6 Å². The van der Waals surface area contributed by atoms with E-state index < -0.39 is 35.6 Å². The Balaban J connectivity index is 2.49. The molecule has 0 aliphatic heterocycles. The van der Waals surface area contributed by atoms with Gasteiger partial charge in [-0.25, -0.2) is 4.79 Å². The van der Waals surface area contributed by atoms with Gasteiger partial charge in [0.1, 0.15) is 23.4 Å². The minimum Gasteiger partial charge on any atom is -0.507 e. The maximum absolute atomic E-state index is 13.7. The highest BCUT2D eigenvalue weighted by molar-refractivity contribution is 6.34. The molecule has 2 unspecified atom stereocenters. The molecule has 202 valence electrons. The second-order valence-corrected chi connectivity index (χ2v) is 11.0. The van der Waals surface area contributed by atoms with Gasteiger partial charge in [0.2, 0.25) is 5.91 Å². The summed E-state index contributed by atoms with van der Waals surface area (Å²) in [5.74, 6) is -1.11. The van der Waals surface area contributed by atoms with E-state index in [1.807, 2.05) is 13.8 Å². The number of anilines is 1. The predicted molar refractivity (Wildman–Crippen MR) is 146 cm³/mol. The van der Waals surface area contributed by atoms with Gasteiger partial charge < -0.3 is 25.4 Å². The molecule has 0 heterocycles. The van der Waals surface area contributed by atoms with Crippen molar-refractivity contribution in [3.63, 3.8) is 0 Å². The number of aromatic hydroxyl groups is 1. The number of nitrogens with zero attached hydrogens (tertiary/aromatic N) is 1. The molecule has 2 aromatic rings. The first-order valence-corrected chi connectivity index (χ1v) is 12.6. The summed E-state index contributed by atoms with van der Waals surface area (Å²) in [5, 5.41) is 16.7. The van der Waals surface area contributed by atoms with E-state index >= 15 is 0 Å². The number of rotatable bonds is 8. The zero-order valence-corrected chi connectivity index (χ0v) is 23.6. The van der Waals surface area contributed by atoms with Crippen molar-refractivity contribution in [2.75, 3.05) is 12.4 Å². The van der Waals surface area contributed by atoms with Crippen molar-refractivity contribution < 1.29 is 24.2 Å². The summed E-state index contributed by atoms with van der Waals surface area (Å²) in [6, 6.07) is 8.07. The van der Waals surface area contributed by atoms with Crippen molar-refractivity contribution in [2.24, 2.45) is 5.92 Å². The van der Waals surface area contributed by atoms with E-state index in [1.54, 1.807) is 71.0 Å². The highest BCUT2D eigenvalue weighted by atomic mass is 35.5. The Morgan fingerprint density at radius 3 is 2.22 bits per heavy atom. The number of carbonyl (C=O) groups excluding carboxylic acids is 3. The van der Waals surface area contributed by atoms with Gasteiger partial charge in [0, 0.05) is 12.6 Å². The first kappa shape index (κ1) is 30.0. The fourth-order valence-electron chi connectivity index (χ4n) is 3.93. The van der Waals surface area contributed by atoms with Crippen LogP contribution >= 0.6 is 11.6 Å². The summed E-state index contributed by atoms with van der Waals surface area (Å²) < 4.78 is 5.36. The van der Waals surface area contributed by atoms with Crippen LogP contribution < -0.4 is 10.6 Å². The van der Waals surface area contributed by atoms with Crippen LogP contribution in [0.5, 0.6) is 5.75 Å². The van der Waals surface area contributed by atoms with Crippen molar-refractivity contribution in [3.8, 4) is 5.75 Å². The van der Waals surface area contributed by atoms with Crippen LogP contribution in [0.2, 0.25) is 5.02 Å². The van der Waals surface area contributed by atoms with E-state index in [-0.39, 0.29) is 17.2 Å². The number of amides is 3. The molecule has 0 saturated carbocycles. The van der Waals surface area contributed by atoms with Crippen molar-refractivity contribution >= 4 is 35.2 Å². The van der Waals surface area contributed by atoms with Gasteiger partial charge in [-0.2, -0.15) is 0 Å². The highest BCUT2D eigenvalue weighted by Crippen LogP contribution is 2.34. The minimum absolute atomic E-state index is 0.0581. The molecule has 9 heteroatoms. The molecule has 0 radical (unpaired) electrons. The van der Waals surface area contributed by atoms with Gasteiger partial charge in [-0.05, 0) is 64.2 Å². The number of halogens is 1. The Morgan fingerprint density at radius 2 is 1.65 bits per heavy atom. The number of ether oxygens (including phenoxy) is 1. The number of hydrogen-bond donors (Lipinski definition) is 3. The molecule has 37 heavy (non-hydrogen) atoms. The third-order valence-electron chi connectivity index (χ3n) is 5.71. The fourth-order valence-corrected chi connectivity index (χ4v) is 4.19. The molecule has 0 aliphatic carbocycles. The lowest BCUT2D eigenvalue weighted by Gasteiger charge is -2.32. The molecule has 0 aromatic heterocycles. The molecule has 2 rings (SSSR count). The number of carbonyl (C=O) groups is 3. The number of benzene rings is 2. The van der Waals surface area contributed by atoms with Crippen molar-refractivity contribution in [3.05, 3.63) is 58.1 Å². The molecule has 3 amide bonds. The van der Waals surface area contributed by atoms with Crippen LogP contribution in [-0.2, 0) is 14.3 Å². The van der Waals surface area contributed by atoms with Gasteiger partial charge in [-0.1, -0.05) is 55.8 Å². The van der Waals surface area contributed by atoms with Crippen LogP contribution in [0.15, 0.2) is 36.4 Å². The van der Waals surface area contributed by atoms with Gasteiger partial charge in [-0.15, -0.1) is 0 Å². The topological polar surface area (TPSA) is 108 Å². The van der Waals surface area contributed by atoms with Crippen molar-refractivity contribution in [1.82, 2.24) is 10.2 Å². The zero-order valence-electron chi connectivity index (χ0n) is 22.8. The van der Waals surface area contributed by atoms with Crippen LogP contribution in [0.25, 0.3) is 0 Å². The molecule has 0 spiro atoms. The maximum atomic E-state index is 13.7. The third-order valence-corrected chi connectivity index (χ3v) is 6.03. The summed E-state index contributed by atoms with van der Waals surface area (Å²) in [6.07, 6.45) is -0.411. The van der Waals surface area contributed by atoms with Gasteiger partial charge in [0.15, 0.2) is 0 Å². The first-order chi connectivity index (χ1) is 17.1. The third kappa shape index (κ3) is 8.12. The van der Waals surface area contributed by atoms with E-state index in [4.69, 9.17) is 16.3 Å². The van der Waals surface area contributed by atoms with Gasteiger partial charge in [0.05, 0.1) is 10.7 Å². The average Bonchev–Trinajstić information content (AvgIpc) is 2.76. The Labute approximate surface area is 224 Å². The molecular formula is C28H38ClN3O5. The van der Waals surface area contributed by atoms with Gasteiger partial charge in [0.25, 0.3) is 5.91 Å². The second-order valence-electron chi connectivity index (χ2n) is 10.6. The summed E-state index contributed by atoms with van der Waals surface area (Å²) in [5.41, 5.74) is 1.21. The number of para-hydroxylation sites is 2. The molecule has 0 saturated heterocycles. The number of hydrogen-bond acceptors (Lipinski definition) is 5. The smallest absolute Gasteiger partial charge is 0.408 e. The first-order valence-electron chi connectivity index (χ1n) is 12.2. The van der Waals surface area contributed by atoms with Gasteiger partial charge in [-0.3, -0.25) is 9.59 Å². The summed E-state index contributed by atoms with van der Waals surface area (Å²) in [6.45, 7) is 12.6. The number of alkyl carbamates (subject to hydrolysis) is 1. The normalized spacial score (nSPS) is 13.0. The Morgan fingerprint density at radius 1 is 1.05 bits per heavy atom. The van der Waals surface area contributed by atoms with Crippen molar-refractivity contribution in [1.29, 1.82) is 0 Å². The molecular weight excluding hydrogens is 494 g/mol. The van der Waals surface area contributed by atoms with E-state index in [0.717, 1.165) is 5.56 Å². The second kappa shape index (κ2) is 12.3. The lowest BCUT2D eigenvalue weighted by Crippen LogP contribution is -2.51. The van der Waals surface area contributed by atoms with Crippen LogP contribution in [0.1, 0.15) is 63.8 Å². The molecule has 8 nitrogen and oxygen atoms in total. The minimum atomic E-state index is -1.21. The Kier molecular flexibility index (Phi) is 9.98. The Hall–Kier alpha value is -3.26. The molecule has 0 aliphatic rings. The summed E-state index contributed by atoms with van der Waals surface area (Å²) >= 11 is 6.33. The monoisotopic (exact) mass is 531 g/mol. The quantitative estimate of drug-likeness (QED) is 0.402. The number of phenols is 1. The summed E-state index contributed by atoms with van der Waals surface area (Å²) in [7, 11) is 1.47. The molecule has 3 N–H and O–H groups in total. The zero-order chi connectivity index (χ0) is 28.1. The van der Waals surface area contributed by atoms with Crippen LogP contribution in [0.4, 0.5) is 10.5 Å². The molecule has 2 atom stereocenters.